The molecule has 1 N–H and O–H groups in total. The summed E-state index contributed by atoms with van der Waals surface area (Å²) >= 11 is 0. The number of fused-ring (bicyclic) bond motifs is 1. The quantitative estimate of drug-likeness (QED) is 0.586. The predicted octanol–water partition coefficient (Wildman–Crippen LogP) is 1.84. The summed E-state index contributed by atoms with van der Waals surface area (Å²) in [6.45, 7) is 3.32. The lowest BCUT2D eigenvalue weighted by Gasteiger charge is -2.34. The van der Waals surface area contributed by atoms with Crippen molar-refractivity contribution >= 4 is 17.8 Å². The van der Waals surface area contributed by atoms with Gasteiger partial charge in [-0.3, -0.25) is 14.5 Å². The minimum absolute atomic E-state index is 0.0962. The van der Waals surface area contributed by atoms with Crippen molar-refractivity contribution in [2.45, 2.75) is 0 Å². The number of β-amino-alcohol motifs (C(OH)–C–C–N with tert-alkyl or cyclic N) is 1. The first-order chi connectivity index (χ1) is 16.5. The fraction of sp³-hybridized carbons (Fsp3) is 0.360. The average molecular weight is 469 g/mol. The van der Waals surface area contributed by atoms with Gasteiger partial charge in [-0.05, 0) is 35.9 Å². The zero-order valence-electron chi connectivity index (χ0n) is 19.3. The molecule has 0 unspecified atom stereocenters. The smallest absolute Gasteiger partial charge is 0.260 e. The maximum Gasteiger partial charge on any atom is 0.260 e. The van der Waals surface area contributed by atoms with E-state index in [2.05, 4.69) is 4.90 Å². The molecule has 9 heteroatoms. The van der Waals surface area contributed by atoms with Crippen LogP contribution in [0.15, 0.2) is 42.2 Å². The highest BCUT2D eigenvalue weighted by Crippen LogP contribution is 2.36. The highest BCUT2D eigenvalue weighted by molar-refractivity contribution is 6.14. The maximum atomic E-state index is 12.8. The Labute approximate surface area is 198 Å². The van der Waals surface area contributed by atoms with Crippen molar-refractivity contribution in [2.24, 2.45) is 0 Å². The fourth-order valence-electron chi connectivity index (χ4n) is 3.95. The molecule has 0 aliphatic carbocycles. The Morgan fingerprint density at radius 3 is 2.53 bits per heavy atom. The standard InChI is InChI=1S/C25H28N2O7/c1-31-20-6-3-17(13-22(20)32-2)14-23-25(30)19-5-4-18(15-21(19)34-23)33-16-24(29)27-9-7-26(8-10-27)11-12-28/h3-6,13-15,28H,7-12,16H2,1-2H3. The van der Waals surface area contributed by atoms with E-state index in [4.69, 9.17) is 24.1 Å². The molecule has 34 heavy (non-hydrogen) atoms. The minimum atomic E-state index is -0.229. The second kappa shape index (κ2) is 10.6. The number of allylic oxidation sites excluding steroid dienone is 1. The van der Waals surface area contributed by atoms with Gasteiger partial charge in [-0.15, -0.1) is 0 Å². The topological polar surface area (TPSA) is 97.8 Å². The zero-order valence-corrected chi connectivity index (χ0v) is 19.3. The highest BCUT2D eigenvalue weighted by Gasteiger charge is 2.28. The first-order valence-corrected chi connectivity index (χ1v) is 11.1. The molecule has 0 aromatic heterocycles. The van der Waals surface area contributed by atoms with Gasteiger partial charge in [0.25, 0.3) is 5.91 Å². The molecule has 2 aromatic rings. The molecule has 0 atom stereocenters. The summed E-state index contributed by atoms with van der Waals surface area (Å²) in [6.07, 6.45) is 1.64. The Morgan fingerprint density at radius 2 is 1.82 bits per heavy atom. The van der Waals surface area contributed by atoms with Crippen LogP contribution in [0.2, 0.25) is 0 Å². The van der Waals surface area contributed by atoms with Gasteiger partial charge in [0.15, 0.2) is 23.9 Å². The molecule has 2 aliphatic heterocycles. The van der Waals surface area contributed by atoms with Crippen molar-refractivity contribution in [3.8, 4) is 23.0 Å². The largest absolute Gasteiger partial charge is 0.493 e. The van der Waals surface area contributed by atoms with Gasteiger partial charge in [-0.2, -0.15) is 0 Å². The zero-order chi connectivity index (χ0) is 24.1. The molecule has 9 nitrogen and oxygen atoms in total. The number of carbonyl (C=O) groups excluding carboxylic acids is 2. The first kappa shape index (κ1) is 23.6. The molecule has 1 amide bonds. The molecule has 1 saturated heterocycles. The minimum Gasteiger partial charge on any atom is -0.493 e. The van der Waals surface area contributed by atoms with E-state index in [9.17, 15) is 9.59 Å². The van der Waals surface area contributed by atoms with Crippen molar-refractivity contribution in [1.82, 2.24) is 9.80 Å². The molecule has 1 fully saturated rings. The summed E-state index contributed by atoms with van der Waals surface area (Å²) in [5.74, 6) is 1.84. The van der Waals surface area contributed by atoms with E-state index in [1.54, 1.807) is 61.6 Å². The molecule has 0 saturated carbocycles. The molecule has 0 bridgehead atoms. The average Bonchev–Trinajstić information content (AvgIpc) is 3.17. The lowest BCUT2D eigenvalue weighted by Crippen LogP contribution is -2.50. The van der Waals surface area contributed by atoms with Crippen molar-refractivity contribution in [2.75, 3.05) is 60.2 Å². The van der Waals surface area contributed by atoms with E-state index in [0.717, 1.165) is 18.7 Å². The van der Waals surface area contributed by atoms with Crippen LogP contribution in [0.4, 0.5) is 0 Å². The van der Waals surface area contributed by atoms with Gasteiger partial charge in [0.05, 0.1) is 26.4 Å². The Morgan fingerprint density at radius 1 is 1.06 bits per heavy atom. The van der Waals surface area contributed by atoms with Crippen molar-refractivity contribution in [1.29, 1.82) is 0 Å². The van der Waals surface area contributed by atoms with E-state index in [-0.39, 0.29) is 30.7 Å². The summed E-state index contributed by atoms with van der Waals surface area (Å²) in [5, 5.41) is 9.03. The van der Waals surface area contributed by atoms with E-state index < -0.39 is 0 Å². The predicted molar refractivity (Wildman–Crippen MR) is 125 cm³/mol. The second-order valence-electron chi connectivity index (χ2n) is 7.95. The second-order valence-corrected chi connectivity index (χ2v) is 7.95. The van der Waals surface area contributed by atoms with Crippen molar-refractivity contribution < 1.29 is 33.6 Å². The lowest BCUT2D eigenvalue weighted by molar-refractivity contribution is -0.135. The van der Waals surface area contributed by atoms with Gasteiger partial charge in [-0.1, -0.05) is 6.07 Å². The third kappa shape index (κ3) is 5.16. The Kier molecular flexibility index (Phi) is 7.34. The number of Topliss-reactive ketones (excluding diaryl/α,β-unsaturated/α-hetero) is 1. The molecule has 0 spiro atoms. The summed E-state index contributed by atoms with van der Waals surface area (Å²) in [5.41, 5.74) is 1.17. The van der Waals surface area contributed by atoms with Crippen LogP contribution in [-0.4, -0.2) is 86.8 Å². The van der Waals surface area contributed by atoms with Gasteiger partial charge in [0.1, 0.15) is 11.5 Å². The maximum absolute atomic E-state index is 12.8. The van der Waals surface area contributed by atoms with Crippen molar-refractivity contribution in [3.05, 3.63) is 53.3 Å². The molecule has 2 heterocycles. The SMILES string of the molecule is COc1ccc(C=C2Oc3cc(OCC(=O)N4CCN(CCO)CC4)ccc3C2=O)cc1OC. The van der Waals surface area contributed by atoms with Gasteiger partial charge in [0.2, 0.25) is 5.78 Å². The van der Waals surface area contributed by atoms with Gasteiger partial charge in [-0.25, -0.2) is 0 Å². The molecule has 2 aromatic carbocycles. The Hall–Kier alpha value is -3.56. The van der Waals surface area contributed by atoms with Crippen molar-refractivity contribution in [3.63, 3.8) is 0 Å². The number of aliphatic hydroxyl groups excluding tert-OH is 1. The van der Waals surface area contributed by atoms with Crippen LogP contribution in [0.1, 0.15) is 15.9 Å². The molecular weight excluding hydrogens is 440 g/mol. The number of nitrogens with zero attached hydrogens (tertiary/aromatic N) is 2. The van der Waals surface area contributed by atoms with Crippen LogP contribution in [-0.2, 0) is 4.79 Å². The fourth-order valence-corrected chi connectivity index (χ4v) is 3.95. The summed E-state index contributed by atoms with van der Waals surface area (Å²) in [4.78, 5) is 29.1. The number of ketones is 1. The third-order valence-corrected chi connectivity index (χ3v) is 5.85. The number of carbonyl (C=O) groups is 2. The van der Waals surface area contributed by atoms with Crippen LogP contribution in [0.3, 0.4) is 0 Å². The number of amides is 1. The number of benzene rings is 2. The van der Waals surface area contributed by atoms with Crippen LogP contribution in [0.25, 0.3) is 6.08 Å². The Balaban J connectivity index is 1.38. The molecule has 4 rings (SSSR count). The summed E-state index contributed by atoms with van der Waals surface area (Å²) < 4.78 is 22.0. The number of piperazine rings is 1. The van der Waals surface area contributed by atoms with Crippen LogP contribution in [0, 0.1) is 0 Å². The van der Waals surface area contributed by atoms with Crippen LogP contribution < -0.4 is 18.9 Å². The number of rotatable bonds is 8. The summed E-state index contributed by atoms with van der Waals surface area (Å²) in [6, 6.07) is 10.2. The van der Waals surface area contributed by atoms with Gasteiger partial charge >= 0.3 is 0 Å². The highest BCUT2D eigenvalue weighted by atomic mass is 16.5. The number of hydrogen-bond donors (Lipinski definition) is 1. The number of methoxy groups -OCH3 is 2. The monoisotopic (exact) mass is 468 g/mol. The van der Waals surface area contributed by atoms with E-state index in [0.29, 0.717) is 48.2 Å². The number of hydrogen-bond acceptors (Lipinski definition) is 8. The first-order valence-electron chi connectivity index (χ1n) is 11.1. The Bertz CT molecular complexity index is 1090. The normalized spacial score (nSPS) is 16.9. The van der Waals surface area contributed by atoms with Crippen LogP contribution >= 0.6 is 0 Å². The number of aliphatic hydroxyl groups is 1. The van der Waals surface area contributed by atoms with E-state index >= 15 is 0 Å². The molecule has 180 valence electrons. The van der Waals surface area contributed by atoms with Gasteiger partial charge < -0.3 is 29.0 Å². The summed E-state index contributed by atoms with van der Waals surface area (Å²) in [7, 11) is 3.11. The van der Waals surface area contributed by atoms with Gasteiger partial charge in [0, 0.05) is 38.8 Å². The lowest BCUT2D eigenvalue weighted by atomic mass is 10.1. The number of ether oxygens (including phenoxy) is 4. The molecule has 0 radical (unpaired) electrons. The van der Waals surface area contributed by atoms with Crippen LogP contribution in [0.5, 0.6) is 23.0 Å². The molecule has 2 aliphatic rings. The molecular formula is C25H28N2O7. The third-order valence-electron chi connectivity index (χ3n) is 5.85. The van der Waals surface area contributed by atoms with E-state index in [1.165, 1.54) is 0 Å². The van der Waals surface area contributed by atoms with E-state index in [1.807, 2.05) is 0 Å².